The van der Waals surface area contributed by atoms with Crippen molar-refractivity contribution in [3.63, 3.8) is 0 Å². The van der Waals surface area contributed by atoms with Gasteiger partial charge in [0, 0.05) is 54.4 Å². The molecule has 5 heterocycles. The highest BCUT2D eigenvalue weighted by Gasteiger charge is 2.37. The van der Waals surface area contributed by atoms with Crippen molar-refractivity contribution in [2.45, 2.75) is 19.3 Å². The van der Waals surface area contributed by atoms with Crippen molar-refractivity contribution < 1.29 is 0 Å². The maximum absolute atomic E-state index is 6.35. The van der Waals surface area contributed by atoms with Crippen LogP contribution < -0.4 is 0 Å². The number of hydrogen-bond donors (Lipinski definition) is 0. The Morgan fingerprint density at radius 3 is 1.13 bits per heavy atom. The van der Waals surface area contributed by atoms with Crippen LogP contribution in [0, 0.1) is 0 Å². The van der Waals surface area contributed by atoms with Gasteiger partial charge in [0.25, 0.3) is 0 Å². The minimum atomic E-state index is -0.223. The van der Waals surface area contributed by atoms with Crippen LogP contribution in [0.15, 0.2) is 249 Å². The molecule has 5 aromatic heterocycles. The second-order valence-corrected chi connectivity index (χ2v) is 20.9. The number of rotatable bonds is 7. The van der Waals surface area contributed by atoms with Gasteiger partial charge in [-0.05, 0) is 70.3 Å². The first-order valence-corrected chi connectivity index (χ1v) is 26.7. The van der Waals surface area contributed by atoms with Crippen LogP contribution in [0.2, 0.25) is 0 Å². The number of para-hydroxylation sites is 6. The predicted molar refractivity (Wildman–Crippen MR) is 320 cm³/mol. The monoisotopic (exact) mass is 997 g/mol. The first-order chi connectivity index (χ1) is 38.5. The van der Waals surface area contributed by atoms with Crippen LogP contribution in [0.3, 0.4) is 0 Å². The van der Waals surface area contributed by atoms with Crippen molar-refractivity contribution in [2.24, 2.45) is 0 Å². The van der Waals surface area contributed by atoms with E-state index in [9.17, 15) is 0 Å². The van der Waals surface area contributed by atoms with E-state index in [1.807, 2.05) is 36.4 Å². The van der Waals surface area contributed by atoms with Crippen molar-refractivity contribution in [3.05, 3.63) is 260 Å². The van der Waals surface area contributed by atoms with Gasteiger partial charge in [0.1, 0.15) is 11.5 Å². The van der Waals surface area contributed by atoms with Crippen molar-refractivity contribution in [1.82, 2.24) is 33.6 Å². The summed E-state index contributed by atoms with van der Waals surface area (Å²) in [5.41, 5.74) is 16.3. The minimum Gasteiger partial charge on any atom is -0.305 e. The number of hydrogen-bond acceptors (Lipinski definition) is 4. The molecule has 0 N–H and O–H groups in total. The first-order valence-electron chi connectivity index (χ1n) is 26.7. The molecule has 0 amide bonds. The number of pyridine rings is 1. The third-order valence-electron chi connectivity index (χ3n) is 16.3. The van der Waals surface area contributed by atoms with Crippen molar-refractivity contribution in [3.8, 4) is 73.7 Å². The van der Waals surface area contributed by atoms with E-state index in [1.165, 1.54) is 22.3 Å². The zero-order valence-corrected chi connectivity index (χ0v) is 42.8. The zero-order valence-electron chi connectivity index (χ0n) is 42.8. The van der Waals surface area contributed by atoms with Crippen LogP contribution in [0.5, 0.6) is 0 Å². The standard InChI is InChI=1S/C71H47N7/c1-71(2)55-34-16-9-27-47(55)54-43-46(41-42-56(54)71)63-64(68-73-66(44-23-5-3-6-24-44)72-67(74-68)45-25-7-4-8-26-45)65(76-57-35-17-10-28-48(57)49-29-11-18-36-58(49)76)70(78-61-39-21-14-32-52(61)53-33-15-22-40-62(53)78)75-69(63)77-59-37-19-12-30-50(59)51-31-13-20-38-60(51)77/h3-43H,1-2H3. The molecule has 366 valence electrons. The lowest BCUT2D eigenvalue weighted by Crippen LogP contribution is -2.15. The summed E-state index contributed by atoms with van der Waals surface area (Å²) in [5, 5.41) is 6.78. The van der Waals surface area contributed by atoms with Crippen LogP contribution in [0.4, 0.5) is 0 Å². The molecular weight excluding hydrogens is 951 g/mol. The van der Waals surface area contributed by atoms with Gasteiger partial charge in [-0.25, -0.2) is 19.9 Å². The van der Waals surface area contributed by atoms with E-state index in [0.717, 1.165) is 111 Å². The van der Waals surface area contributed by atoms with Crippen LogP contribution in [-0.4, -0.2) is 33.6 Å². The molecule has 78 heavy (non-hydrogen) atoms. The summed E-state index contributed by atoms with van der Waals surface area (Å²) in [6, 6.07) is 89.0. The van der Waals surface area contributed by atoms with Gasteiger partial charge in [0.15, 0.2) is 23.3 Å². The van der Waals surface area contributed by atoms with Gasteiger partial charge in [-0.1, -0.05) is 220 Å². The fraction of sp³-hybridized carbons (Fsp3) is 0.0423. The Morgan fingerprint density at radius 1 is 0.282 bits per heavy atom. The molecular formula is C71H47N7. The Bertz CT molecular complexity index is 4730. The molecule has 0 unspecified atom stereocenters. The van der Waals surface area contributed by atoms with Gasteiger partial charge in [-0.3, -0.25) is 9.13 Å². The lowest BCUT2D eigenvalue weighted by molar-refractivity contribution is 0.660. The maximum Gasteiger partial charge on any atom is 0.167 e. The lowest BCUT2D eigenvalue weighted by atomic mass is 9.82. The van der Waals surface area contributed by atoms with Crippen molar-refractivity contribution >= 4 is 65.4 Å². The fourth-order valence-electron chi connectivity index (χ4n) is 12.8. The minimum absolute atomic E-state index is 0.223. The molecule has 0 bridgehead atoms. The van der Waals surface area contributed by atoms with Crippen LogP contribution in [-0.2, 0) is 5.41 Å². The summed E-state index contributed by atoms with van der Waals surface area (Å²) < 4.78 is 7.21. The third-order valence-corrected chi connectivity index (χ3v) is 16.3. The number of fused-ring (bicyclic) bond motifs is 12. The molecule has 1 aliphatic rings. The first kappa shape index (κ1) is 44.1. The van der Waals surface area contributed by atoms with E-state index in [1.54, 1.807) is 0 Å². The molecule has 0 aliphatic heterocycles. The Kier molecular flexibility index (Phi) is 9.54. The summed E-state index contributed by atoms with van der Waals surface area (Å²) in [6.45, 7) is 4.69. The molecule has 7 heteroatoms. The average Bonchev–Trinajstić information content (AvgIpc) is 4.30. The predicted octanol–water partition coefficient (Wildman–Crippen LogP) is 17.5. The topological polar surface area (TPSA) is 66.3 Å². The van der Waals surface area contributed by atoms with Crippen LogP contribution in [0.25, 0.3) is 139 Å². The van der Waals surface area contributed by atoms with E-state index in [2.05, 4.69) is 240 Å². The second kappa shape index (κ2) is 16.9. The smallest absolute Gasteiger partial charge is 0.167 e. The molecule has 7 nitrogen and oxygen atoms in total. The van der Waals surface area contributed by atoms with Crippen LogP contribution >= 0.6 is 0 Å². The van der Waals surface area contributed by atoms with E-state index in [0.29, 0.717) is 17.5 Å². The van der Waals surface area contributed by atoms with Gasteiger partial charge in [0.05, 0.1) is 38.7 Å². The molecule has 15 aromatic rings. The molecule has 0 radical (unpaired) electrons. The van der Waals surface area contributed by atoms with Gasteiger partial charge in [0.2, 0.25) is 0 Å². The van der Waals surface area contributed by atoms with Crippen molar-refractivity contribution in [1.29, 1.82) is 0 Å². The van der Waals surface area contributed by atoms with Crippen molar-refractivity contribution in [2.75, 3.05) is 0 Å². The molecule has 16 rings (SSSR count). The van der Waals surface area contributed by atoms with E-state index >= 15 is 0 Å². The summed E-state index contributed by atoms with van der Waals surface area (Å²) in [5.74, 6) is 3.12. The third kappa shape index (κ3) is 6.39. The molecule has 0 atom stereocenters. The molecule has 1 aliphatic carbocycles. The zero-order chi connectivity index (χ0) is 51.6. The summed E-state index contributed by atoms with van der Waals surface area (Å²) in [7, 11) is 0. The Hall–Kier alpha value is -10.2. The molecule has 10 aromatic carbocycles. The average molecular weight is 998 g/mol. The normalized spacial score (nSPS) is 12.8. The maximum atomic E-state index is 6.35. The van der Waals surface area contributed by atoms with Gasteiger partial charge < -0.3 is 4.57 Å². The summed E-state index contributed by atoms with van der Waals surface area (Å²) in [6.07, 6.45) is 0. The molecule has 0 spiro atoms. The van der Waals surface area contributed by atoms with E-state index in [-0.39, 0.29) is 5.41 Å². The largest absolute Gasteiger partial charge is 0.305 e. The van der Waals surface area contributed by atoms with Gasteiger partial charge in [-0.15, -0.1) is 0 Å². The fourth-order valence-corrected chi connectivity index (χ4v) is 12.8. The van der Waals surface area contributed by atoms with E-state index < -0.39 is 0 Å². The Morgan fingerprint density at radius 2 is 0.654 bits per heavy atom. The highest BCUT2D eigenvalue weighted by atomic mass is 15.2. The lowest BCUT2D eigenvalue weighted by Gasteiger charge is -2.26. The highest BCUT2D eigenvalue weighted by molar-refractivity contribution is 6.14. The quantitative estimate of drug-likeness (QED) is 0.160. The van der Waals surface area contributed by atoms with Crippen LogP contribution in [0.1, 0.15) is 25.0 Å². The molecule has 0 fully saturated rings. The SMILES string of the molecule is CC1(C)c2ccccc2-c2cc(-c3c(-n4c5ccccc5c5ccccc54)nc(-n4c5ccccc5c5ccccc54)c(-n4c5ccccc5c5ccccc54)c3-c3nc(-c4ccccc4)nc(-c4ccccc4)n3)ccc21. The summed E-state index contributed by atoms with van der Waals surface area (Å²) >= 11 is 0. The number of aromatic nitrogens is 7. The second-order valence-electron chi connectivity index (χ2n) is 20.9. The number of benzene rings is 10. The molecule has 0 saturated carbocycles. The van der Waals surface area contributed by atoms with Gasteiger partial charge >= 0.3 is 0 Å². The number of nitrogens with zero attached hydrogens (tertiary/aromatic N) is 7. The molecule has 0 saturated heterocycles. The van der Waals surface area contributed by atoms with E-state index in [4.69, 9.17) is 19.9 Å². The Labute approximate surface area is 449 Å². The Balaban J connectivity index is 1.20. The highest BCUT2D eigenvalue weighted by Crippen LogP contribution is 2.53. The van der Waals surface area contributed by atoms with Gasteiger partial charge in [-0.2, -0.15) is 0 Å². The summed E-state index contributed by atoms with van der Waals surface area (Å²) in [4.78, 5) is 23.2.